The van der Waals surface area contributed by atoms with Crippen LogP contribution in [0.1, 0.15) is 63.2 Å². The van der Waals surface area contributed by atoms with Crippen LogP contribution >= 0.6 is 22.7 Å². The Morgan fingerprint density at radius 2 is 1.50 bits per heavy atom. The van der Waals surface area contributed by atoms with Crippen molar-refractivity contribution in [2.24, 2.45) is 0 Å². The summed E-state index contributed by atoms with van der Waals surface area (Å²) in [5.74, 6) is 6.15. The van der Waals surface area contributed by atoms with Crippen molar-refractivity contribution in [1.29, 1.82) is 0 Å². The Bertz CT molecular complexity index is 1710. The van der Waals surface area contributed by atoms with Crippen LogP contribution in [0.25, 0.3) is 17.0 Å². The molecule has 2 atom stereocenters. The molecule has 0 spiro atoms. The maximum atomic E-state index is 6.00. The molecule has 36 heavy (non-hydrogen) atoms. The third-order valence-corrected chi connectivity index (χ3v) is 9.16. The molecule has 0 fully saturated rings. The maximum Gasteiger partial charge on any atom is 0.0838 e. The van der Waals surface area contributed by atoms with Crippen LogP contribution in [0.2, 0.25) is 0 Å². The number of fused-ring (bicyclic) bond motifs is 6. The minimum Gasteiger partial charge on any atom is -0.335 e. The Labute approximate surface area is 219 Å². The summed E-state index contributed by atoms with van der Waals surface area (Å²) in [6.07, 6.45) is 18.7. The van der Waals surface area contributed by atoms with Gasteiger partial charge in [-0.1, -0.05) is 42.2 Å². The zero-order chi connectivity index (χ0) is 24.2. The molecule has 174 valence electrons. The number of terminal acetylenes is 2. The van der Waals surface area contributed by atoms with Gasteiger partial charge in [0.25, 0.3) is 0 Å². The third kappa shape index (κ3) is 2.93. The van der Waals surface area contributed by atoms with E-state index < -0.39 is 0 Å². The average Bonchev–Trinajstić information content (AvgIpc) is 3.71. The van der Waals surface area contributed by atoms with Crippen molar-refractivity contribution in [3.63, 3.8) is 0 Å². The molecule has 7 rings (SSSR count). The Hall–Kier alpha value is -3.70. The van der Waals surface area contributed by atoms with Gasteiger partial charge in [0, 0.05) is 28.0 Å². The Morgan fingerprint density at radius 1 is 0.833 bits per heavy atom. The van der Waals surface area contributed by atoms with Crippen molar-refractivity contribution >= 4 is 39.7 Å². The molecule has 4 heterocycles. The maximum absolute atomic E-state index is 6.00. The summed E-state index contributed by atoms with van der Waals surface area (Å²) >= 11 is 3.51. The summed E-state index contributed by atoms with van der Waals surface area (Å²) in [5.41, 5.74) is 12.0. The van der Waals surface area contributed by atoms with Crippen LogP contribution in [-0.4, -0.2) is 9.13 Å². The van der Waals surface area contributed by atoms with Crippen molar-refractivity contribution in [3.8, 4) is 24.7 Å². The summed E-state index contributed by atoms with van der Waals surface area (Å²) in [5, 5.41) is 10.3. The lowest BCUT2D eigenvalue weighted by Gasteiger charge is -2.33. The first-order valence-corrected chi connectivity index (χ1v) is 14.2. The lowest BCUT2D eigenvalue weighted by molar-refractivity contribution is 0.665. The second-order valence-electron chi connectivity index (χ2n) is 9.48. The van der Waals surface area contributed by atoms with E-state index in [-0.39, 0.29) is 11.8 Å². The number of rotatable bonds is 4. The smallest absolute Gasteiger partial charge is 0.0838 e. The fourth-order valence-electron chi connectivity index (χ4n) is 6.52. The molecule has 4 aromatic heterocycles. The van der Waals surface area contributed by atoms with E-state index >= 15 is 0 Å². The van der Waals surface area contributed by atoms with E-state index in [4.69, 9.17) is 12.8 Å². The fourth-order valence-corrected chi connectivity index (χ4v) is 7.89. The van der Waals surface area contributed by atoms with Gasteiger partial charge in [-0.05, 0) is 80.4 Å². The van der Waals surface area contributed by atoms with E-state index in [1.54, 1.807) is 22.7 Å². The molecule has 0 bridgehead atoms. The molecule has 0 radical (unpaired) electrons. The molecule has 5 aromatic rings. The average molecular weight is 501 g/mol. The van der Waals surface area contributed by atoms with Gasteiger partial charge in [-0.25, -0.2) is 0 Å². The second kappa shape index (κ2) is 8.45. The highest BCUT2D eigenvalue weighted by atomic mass is 32.1. The number of thiophene rings is 2. The predicted molar refractivity (Wildman–Crippen MR) is 152 cm³/mol. The topological polar surface area (TPSA) is 9.86 Å². The first-order chi connectivity index (χ1) is 17.8. The minimum atomic E-state index is 0.104. The van der Waals surface area contributed by atoms with Gasteiger partial charge in [0.1, 0.15) is 0 Å². The normalized spacial score (nSPS) is 17.8. The zero-order valence-electron chi connectivity index (χ0n) is 19.8. The molecule has 2 nitrogen and oxygen atoms in total. The number of nitrogens with zero attached hydrogens (tertiary/aromatic N) is 2. The molecule has 0 N–H and O–H groups in total. The monoisotopic (exact) mass is 500 g/mol. The fraction of sp³-hybridized carbons (Fsp3) is 0.188. The first kappa shape index (κ1) is 21.6. The molecule has 0 amide bonds. The minimum absolute atomic E-state index is 0.104. The van der Waals surface area contributed by atoms with Gasteiger partial charge in [-0.3, -0.25) is 0 Å². The van der Waals surface area contributed by atoms with Gasteiger partial charge in [0.2, 0.25) is 0 Å². The van der Waals surface area contributed by atoms with Crippen LogP contribution in [0.4, 0.5) is 0 Å². The lowest BCUT2D eigenvalue weighted by Crippen LogP contribution is -2.23. The van der Waals surface area contributed by atoms with E-state index in [0.717, 1.165) is 12.8 Å². The Kier molecular flexibility index (Phi) is 5.07. The van der Waals surface area contributed by atoms with Gasteiger partial charge >= 0.3 is 0 Å². The van der Waals surface area contributed by atoms with Crippen LogP contribution in [-0.2, 0) is 19.5 Å². The van der Waals surface area contributed by atoms with E-state index in [0.29, 0.717) is 13.1 Å². The molecule has 2 unspecified atom stereocenters. The number of benzene rings is 1. The highest BCUT2D eigenvalue weighted by molar-refractivity contribution is 7.08. The van der Waals surface area contributed by atoms with Gasteiger partial charge in [-0.2, -0.15) is 22.7 Å². The molecule has 4 heteroatoms. The highest BCUT2D eigenvalue weighted by Crippen LogP contribution is 2.55. The number of hydrogen-bond acceptors (Lipinski definition) is 2. The van der Waals surface area contributed by atoms with Crippen molar-refractivity contribution in [1.82, 2.24) is 9.13 Å². The van der Waals surface area contributed by atoms with Gasteiger partial charge < -0.3 is 9.13 Å². The van der Waals surface area contributed by atoms with Gasteiger partial charge in [0.15, 0.2) is 0 Å². The zero-order valence-corrected chi connectivity index (χ0v) is 21.4. The summed E-state index contributed by atoms with van der Waals surface area (Å²) in [7, 11) is 0. The number of aromatic nitrogens is 2. The summed E-state index contributed by atoms with van der Waals surface area (Å²) in [6, 6.07) is 13.3. The van der Waals surface area contributed by atoms with Crippen molar-refractivity contribution < 1.29 is 0 Å². The summed E-state index contributed by atoms with van der Waals surface area (Å²) in [6.45, 7) is 1.13. The standard InChI is InChI=1S/C32H24N2S2/c1-3-15-33-25-11-7-5-9-23(25)29-28(22-14-18-36-20-22)32-30(27(31(29)33)21-13-17-35-19-21)24-10-6-8-12-26(24)34(32)16-4-2/h1-2,5-7,9-11,13-14,17-20,27-28H,8,12,15-16H2. The van der Waals surface area contributed by atoms with Crippen molar-refractivity contribution in [2.75, 3.05) is 0 Å². The molecule has 2 aliphatic rings. The number of hydrogen-bond donors (Lipinski definition) is 0. The van der Waals surface area contributed by atoms with Gasteiger partial charge in [0.05, 0.1) is 24.9 Å². The molecular weight excluding hydrogens is 477 g/mol. The molecule has 2 aliphatic carbocycles. The van der Waals surface area contributed by atoms with Crippen molar-refractivity contribution in [3.05, 3.63) is 109 Å². The summed E-state index contributed by atoms with van der Waals surface area (Å²) in [4.78, 5) is 0. The molecule has 0 saturated heterocycles. The van der Waals surface area contributed by atoms with Crippen LogP contribution in [0.3, 0.4) is 0 Å². The number of para-hydroxylation sites is 1. The van der Waals surface area contributed by atoms with Crippen molar-refractivity contribution in [2.45, 2.75) is 37.8 Å². The molecular formula is C32H24N2S2. The van der Waals surface area contributed by atoms with E-state index in [2.05, 4.69) is 91.0 Å². The van der Waals surface area contributed by atoms with E-state index in [1.165, 1.54) is 55.8 Å². The van der Waals surface area contributed by atoms with Crippen LogP contribution in [0, 0.1) is 24.7 Å². The third-order valence-electron chi connectivity index (χ3n) is 7.75. The lowest BCUT2D eigenvalue weighted by atomic mass is 9.72. The van der Waals surface area contributed by atoms with Gasteiger partial charge in [-0.15, -0.1) is 12.8 Å². The van der Waals surface area contributed by atoms with Crippen LogP contribution in [0.15, 0.2) is 64.0 Å². The Morgan fingerprint density at radius 3 is 2.19 bits per heavy atom. The largest absolute Gasteiger partial charge is 0.335 e. The van der Waals surface area contributed by atoms with E-state index in [9.17, 15) is 0 Å². The molecule has 1 aromatic carbocycles. The van der Waals surface area contributed by atoms with E-state index in [1.807, 2.05) is 0 Å². The molecule has 0 aliphatic heterocycles. The second-order valence-corrected chi connectivity index (χ2v) is 11.0. The molecule has 0 saturated carbocycles. The predicted octanol–water partition coefficient (Wildman–Crippen LogP) is 7.47. The van der Waals surface area contributed by atoms with Crippen LogP contribution < -0.4 is 0 Å². The quantitative estimate of drug-likeness (QED) is 0.222. The number of allylic oxidation sites excluding steroid dienone is 1. The van der Waals surface area contributed by atoms with Crippen LogP contribution in [0.5, 0.6) is 0 Å². The highest BCUT2D eigenvalue weighted by Gasteiger charge is 2.43. The first-order valence-electron chi connectivity index (χ1n) is 12.3. The Balaban J connectivity index is 1.69. The SMILES string of the molecule is C#CCn1c2c(c3c1C(c1ccsc1)c1c(n(CC#C)c4ccccc14)C3c1ccsc1)C=CCC2. The summed E-state index contributed by atoms with van der Waals surface area (Å²) < 4.78 is 4.86.